The highest BCUT2D eigenvalue weighted by molar-refractivity contribution is 5.57. The molecule has 0 amide bonds. The quantitative estimate of drug-likeness (QED) is 0.823. The third kappa shape index (κ3) is 3.24. The van der Waals surface area contributed by atoms with E-state index in [1.807, 2.05) is 4.90 Å². The van der Waals surface area contributed by atoms with Gasteiger partial charge in [-0.05, 0) is 30.9 Å². The van der Waals surface area contributed by atoms with Crippen LogP contribution in [0.5, 0.6) is 0 Å². The summed E-state index contributed by atoms with van der Waals surface area (Å²) >= 11 is 0. The van der Waals surface area contributed by atoms with Gasteiger partial charge in [-0.25, -0.2) is 0 Å². The lowest BCUT2D eigenvalue weighted by atomic mass is 9.97. The Morgan fingerprint density at radius 2 is 1.90 bits per heavy atom. The molecule has 0 saturated carbocycles. The van der Waals surface area contributed by atoms with Gasteiger partial charge in [0.15, 0.2) is 0 Å². The van der Waals surface area contributed by atoms with Crippen LogP contribution in [0, 0.1) is 5.92 Å². The smallest absolute Gasteiger partial charge is 0.374 e. The number of hydrogen-bond acceptors (Lipinski definition) is 3. The second-order valence-corrected chi connectivity index (χ2v) is 5.39. The lowest BCUT2D eigenvalue weighted by Crippen LogP contribution is -2.34. The van der Waals surface area contributed by atoms with E-state index in [4.69, 9.17) is 5.73 Å². The summed E-state index contributed by atoms with van der Waals surface area (Å²) in [6.07, 6.45) is -3.81. The van der Waals surface area contributed by atoms with Crippen molar-refractivity contribution in [2.45, 2.75) is 32.2 Å². The number of nitrogens with two attached hydrogens (primary N) is 1. The third-order valence-corrected chi connectivity index (χ3v) is 3.80. The molecule has 3 N–H and O–H groups in total. The molecule has 1 unspecified atom stereocenters. The van der Waals surface area contributed by atoms with Gasteiger partial charge in [0.2, 0.25) is 0 Å². The second kappa shape index (κ2) is 5.61. The minimum absolute atomic E-state index is 0.340. The molecule has 3 nitrogen and oxygen atoms in total. The average Bonchev–Trinajstić information content (AvgIpc) is 2.37. The largest absolute Gasteiger partial charge is 0.416 e. The Kier molecular flexibility index (Phi) is 4.25. The standard InChI is InChI=1S/C14H19F3N2O/c1-9-4-6-19(7-5-9)12-8-10(14(15,16)17)2-3-11(12)13(18)20/h2-3,8-9,13,20H,4-7,18H2,1H3. The molecule has 1 fully saturated rings. The van der Waals surface area contributed by atoms with Crippen molar-refractivity contribution in [1.82, 2.24) is 0 Å². The van der Waals surface area contributed by atoms with Gasteiger partial charge < -0.3 is 15.7 Å². The SMILES string of the molecule is CC1CCN(c2cc(C(F)(F)F)ccc2C(N)O)CC1. The number of rotatable bonds is 2. The van der Waals surface area contributed by atoms with Crippen molar-refractivity contribution in [3.05, 3.63) is 29.3 Å². The molecule has 1 aliphatic rings. The van der Waals surface area contributed by atoms with E-state index in [1.54, 1.807) is 0 Å². The number of alkyl halides is 3. The van der Waals surface area contributed by atoms with Gasteiger partial charge in [0.1, 0.15) is 6.23 Å². The molecule has 0 radical (unpaired) electrons. The zero-order valence-electron chi connectivity index (χ0n) is 11.3. The van der Waals surface area contributed by atoms with Crippen LogP contribution in [0.15, 0.2) is 18.2 Å². The summed E-state index contributed by atoms with van der Waals surface area (Å²) in [4.78, 5) is 1.88. The summed E-state index contributed by atoms with van der Waals surface area (Å²) in [7, 11) is 0. The van der Waals surface area contributed by atoms with E-state index < -0.39 is 18.0 Å². The van der Waals surface area contributed by atoms with Crippen molar-refractivity contribution < 1.29 is 18.3 Å². The van der Waals surface area contributed by atoms with Gasteiger partial charge in [-0.2, -0.15) is 13.2 Å². The van der Waals surface area contributed by atoms with Crippen LogP contribution in [0.4, 0.5) is 18.9 Å². The Bertz CT molecular complexity index is 466. The van der Waals surface area contributed by atoms with Crippen LogP contribution in [-0.2, 0) is 6.18 Å². The molecule has 6 heteroatoms. The van der Waals surface area contributed by atoms with Gasteiger partial charge in [0.25, 0.3) is 0 Å². The number of aliphatic hydroxyl groups excluding tert-OH is 1. The minimum atomic E-state index is -4.39. The van der Waals surface area contributed by atoms with E-state index >= 15 is 0 Å². The predicted molar refractivity (Wildman–Crippen MR) is 71.2 cm³/mol. The van der Waals surface area contributed by atoms with Gasteiger partial charge >= 0.3 is 6.18 Å². The maximum Gasteiger partial charge on any atom is 0.416 e. The van der Waals surface area contributed by atoms with Crippen molar-refractivity contribution in [3.8, 4) is 0 Å². The van der Waals surface area contributed by atoms with Crippen molar-refractivity contribution in [3.63, 3.8) is 0 Å². The molecule has 2 rings (SSSR count). The van der Waals surface area contributed by atoms with Crippen LogP contribution in [0.3, 0.4) is 0 Å². The molecule has 0 bridgehead atoms. The Balaban J connectivity index is 2.37. The second-order valence-electron chi connectivity index (χ2n) is 5.39. The monoisotopic (exact) mass is 288 g/mol. The molecule has 1 saturated heterocycles. The summed E-state index contributed by atoms with van der Waals surface area (Å²) in [5.74, 6) is 0.572. The molecule has 1 atom stereocenters. The molecule has 0 aromatic heterocycles. The summed E-state index contributed by atoms with van der Waals surface area (Å²) in [5, 5.41) is 9.55. The zero-order chi connectivity index (χ0) is 14.9. The van der Waals surface area contributed by atoms with Crippen LogP contribution in [-0.4, -0.2) is 18.2 Å². The number of halogens is 3. The van der Waals surface area contributed by atoms with Gasteiger partial charge in [0.05, 0.1) is 5.56 Å². The molecule has 1 heterocycles. The molecular formula is C14H19F3N2O. The number of anilines is 1. The molecule has 1 aromatic rings. The normalized spacial score (nSPS) is 19.2. The van der Waals surface area contributed by atoms with Crippen molar-refractivity contribution in [1.29, 1.82) is 0 Å². The van der Waals surface area contributed by atoms with E-state index in [1.165, 1.54) is 6.07 Å². The highest BCUT2D eigenvalue weighted by atomic mass is 19.4. The van der Waals surface area contributed by atoms with E-state index in [-0.39, 0.29) is 0 Å². The average molecular weight is 288 g/mol. The first-order valence-electron chi connectivity index (χ1n) is 6.69. The molecular weight excluding hydrogens is 269 g/mol. The number of piperidine rings is 1. The van der Waals surface area contributed by atoms with E-state index in [0.717, 1.165) is 25.0 Å². The summed E-state index contributed by atoms with van der Waals surface area (Å²) in [5.41, 5.74) is 5.47. The van der Waals surface area contributed by atoms with Crippen LogP contribution >= 0.6 is 0 Å². The van der Waals surface area contributed by atoms with Gasteiger partial charge in [-0.3, -0.25) is 0 Å². The summed E-state index contributed by atoms with van der Waals surface area (Å²) < 4.78 is 38.5. The van der Waals surface area contributed by atoms with Crippen LogP contribution in [0.2, 0.25) is 0 Å². The highest BCUT2D eigenvalue weighted by Gasteiger charge is 2.32. The highest BCUT2D eigenvalue weighted by Crippen LogP contribution is 2.36. The van der Waals surface area contributed by atoms with Crippen LogP contribution in [0.1, 0.15) is 37.1 Å². The number of aliphatic hydroxyl groups is 1. The third-order valence-electron chi connectivity index (χ3n) is 3.80. The van der Waals surface area contributed by atoms with Gasteiger partial charge in [-0.15, -0.1) is 0 Å². The van der Waals surface area contributed by atoms with Crippen LogP contribution in [0.25, 0.3) is 0 Å². The number of hydrogen-bond donors (Lipinski definition) is 2. The summed E-state index contributed by atoms with van der Waals surface area (Å²) in [6.45, 7) is 3.49. The first-order chi connectivity index (χ1) is 9.29. The molecule has 1 aliphatic heterocycles. The zero-order valence-corrected chi connectivity index (χ0v) is 11.3. The minimum Gasteiger partial charge on any atom is -0.374 e. The number of nitrogens with zero attached hydrogens (tertiary/aromatic N) is 1. The Labute approximate surface area is 116 Å². The molecule has 0 aliphatic carbocycles. The fourth-order valence-electron chi connectivity index (χ4n) is 2.49. The van der Waals surface area contributed by atoms with E-state index in [2.05, 4.69) is 6.92 Å². The van der Waals surface area contributed by atoms with Crippen molar-refractivity contribution in [2.75, 3.05) is 18.0 Å². The predicted octanol–water partition coefficient (Wildman–Crippen LogP) is 2.89. The van der Waals surface area contributed by atoms with Gasteiger partial charge in [0, 0.05) is 24.3 Å². The maximum atomic E-state index is 12.8. The van der Waals surface area contributed by atoms with Crippen LogP contribution < -0.4 is 10.6 Å². The number of benzene rings is 1. The molecule has 1 aromatic carbocycles. The Morgan fingerprint density at radius 1 is 1.30 bits per heavy atom. The maximum absolute atomic E-state index is 12.8. The lowest BCUT2D eigenvalue weighted by Gasteiger charge is -2.34. The fraction of sp³-hybridized carbons (Fsp3) is 0.571. The Hall–Kier alpha value is -1.27. The fourth-order valence-corrected chi connectivity index (χ4v) is 2.49. The molecule has 0 spiro atoms. The summed E-state index contributed by atoms with van der Waals surface area (Å²) in [6, 6.07) is 3.31. The molecule has 112 valence electrons. The van der Waals surface area contributed by atoms with E-state index in [0.29, 0.717) is 30.3 Å². The van der Waals surface area contributed by atoms with Crippen molar-refractivity contribution in [2.24, 2.45) is 11.7 Å². The lowest BCUT2D eigenvalue weighted by molar-refractivity contribution is -0.137. The first-order valence-corrected chi connectivity index (χ1v) is 6.69. The first kappa shape index (κ1) is 15.1. The van der Waals surface area contributed by atoms with E-state index in [9.17, 15) is 18.3 Å². The molecule has 20 heavy (non-hydrogen) atoms. The van der Waals surface area contributed by atoms with Crippen molar-refractivity contribution >= 4 is 5.69 Å². The van der Waals surface area contributed by atoms with Gasteiger partial charge in [-0.1, -0.05) is 13.0 Å². The Morgan fingerprint density at radius 3 is 2.40 bits per heavy atom. The topological polar surface area (TPSA) is 49.5 Å².